The fraction of sp³-hybridized carbons (Fsp3) is 0.462. The molecule has 2 heterocycles. The molecule has 1 saturated carbocycles. The molecule has 2 aromatic rings. The summed E-state index contributed by atoms with van der Waals surface area (Å²) in [5, 5.41) is 30.6. The first-order valence-electron chi connectivity index (χ1n) is 11.8. The van der Waals surface area contributed by atoms with Gasteiger partial charge in [-0.2, -0.15) is 0 Å². The number of carbonyl (C=O) groups excluding carboxylic acids is 2. The number of imide groups is 1. The second-order valence-corrected chi connectivity index (χ2v) is 10.9. The smallest absolute Gasteiger partial charge is 0.399 e. The number of rotatable bonds is 5. The lowest BCUT2D eigenvalue weighted by Gasteiger charge is -2.58. The largest absolute Gasteiger partial charge is 0.494 e. The maximum atomic E-state index is 13.4. The van der Waals surface area contributed by atoms with Crippen LogP contribution in [0.15, 0.2) is 48.5 Å². The lowest BCUT2D eigenvalue weighted by Crippen LogP contribution is -2.68. The molecular formula is C26H30BNO7. The van der Waals surface area contributed by atoms with Gasteiger partial charge in [0.15, 0.2) is 0 Å². The first-order chi connectivity index (χ1) is 16.4. The van der Waals surface area contributed by atoms with E-state index in [1.54, 1.807) is 36.4 Å². The maximum Gasteiger partial charge on any atom is 0.494 e. The molecule has 0 radical (unpaired) electrons. The van der Waals surface area contributed by atoms with Crippen LogP contribution in [-0.4, -0.2) is 68.7 Å². The topological polar surface area (TPSA) is 117 Å². The summed E-state index contributed by atoms with van der Waals surface area (Å²) in [5.41, 5.74) is -1.75. The Morgan fingerprint density at radius 2 is 1.40 bits per heavy atom. The van der Waals surface area contributed by atoms with E-state index in [9.17, 15) is 24.9 Å². The van der Waals surface area contributed by atoms with Crippen molar-refractivity contribution in [1.29, 1.82) is 0 Å². The van der Waals surface area contributed by atoms with Gasteiger partial charge in [-0.05, 0) is 50.9 Å². The van der Waals surface area contributed by atoms with E-state index in [-0.39, 0.29) is 12.8 Å². The summed E-state index contributed by atoms with van der Waals surface area (Å²) in [6, 6.07) is 13.9. The highest BCUT2D eigenvalue weighted by molar-refractivity contribution is 6.62. The molecule has 3 N–H and O–H groups in total. The Labute approximate surface area is 204 Å². The van der Waals surface area contributed by atoms with E-state index in [4.69, 9.17) is 9.31 Å². The Bertz CT molecular complexity index is 1140. The van der Waals surface area contributed by atoms with Gasteiger partial charge in [0.05, 0.1) is 40.1 Å². The predicted molar refractivity (Wildman–Crippen MR) is 128 cm³/mol. The fourth-order valence-corrected chi connectivity index (χ4v) is 5.37. The van der Waals surface area contributed by atoms with Crippen molar-refractivity contribution < 1.29 is 34.2 Å². The zero-order chi connectivity index (χ0) is 25.4. The van der Waals surface area contributed by atoms with Crippen LogP contribution in [0, 0.1) is 0 Å². The molecule has 0 bridgehead atoms. The van der Waals surface area contributed by atoms with E-state index in [1.165, 1.54) is 4.90 Å². The summed E-state index contributed by atoms with van der Waals surface area (Å²) < 4.78 is 12.3. The number of hydrogen-bond donors (Lipinski definition) is 3. The quantitative estimate of drug-likeness (QED) is 0.438. The van der Waals surface area contributed by atoms with Crippen LogP contribution >= 0.6 is 0 Å². The lowest BCUT2D eigenvalue weighted by molar-refractivity contribution is -0.196. The van der Waals surface area contributed by atoms with Gasteiger partial charge in [-0.25, -0.2) is 0 Å². The van der Waals surface area contributed by atoms with E-state index in [1.807, 2.05) is 39.8 Å². The summed E-state index contributed by atoms with van der Waals surface area (Å²) in [4.78, 5) is 27.9. The fourth-order valence-electron chi connectivity index (χ4n) is 5.37. The van der Waals surface area contributed by atoms with Gasteiger partial charge in [-0.3, -0.25) is 14.5 Å². The standard InChI is InChI=1S/C26H30BNO7/c1-23(2)24(3,4)35-27(34-23)17-11-9-16(10-12-17)25(14-26(33,15-25)20(30)13-29)28-21(31)18-7-5-6-8-19(18)22(28)32/h5-12,20,29-30,33H,13-15H2,1-4H3/t20-,25?,26?/m1/s1. The average molecular weight is 479 g/mol. The third-order valence-electron chi connectivity index (χ3n) is 8.19. The average Bonchev–Trinajstić information content (AvgIpc) is 3.19. The minimum Gasteiger partial charge on any atom is -0.399 e. The van der Waals surface area contributed by atoms with E-state index < -0.39 is 54.0 Å². The summed E-state index contributed by atoms with van der Waals surface area (Å²) in [5.74, 6) is -0.887. The van der Waals surface area contributed by atoms with Crippen LogP contribution < -0.4 is 5.46 Å². The second-order valence-electron chi connectivity index (χ2n) is 10.9. The number of hydrogen-bond acceptors (Lipinski definition) is 7. The maximum absolute atomic E-state index is 13.4. The van der Waals surface area contributed by atoms with Crippen LogP contribution in [0.2, 0.25) is 0 Å². The SMILES string of the molecule is CC1(C)OB(c2ccc(C3(N4C(=O)c5ccccc5C4=O)CC(O)([C@H](O)CO)C3)cc2)OC1(C)C. The summed E-state index contributed by atoms with van der Waals surface area (Å²) in [7, 11) is -0.571. The van der Waals surface area contributed by atoms with Crippen molar-refractivity contribution in [1.82, 2.24) is 4.90 Å². The highest BCUT2D eigenvalue weighted by Gasteiger charge is 2.64. The van der Waals surface area contributed by atoms with Crippen molar-refractivity contribution in [3.8, 4) is 0 Å². The van der Waals surface area contributed by atoms with Gasteiger partial charge >= 0.3 is 7.12 Å². The van der Waals surface area contributed by atoms with Gasteiger partial charge in [-0.1, -0.05) is 36.4 Å². The van der Waals surface area contributed by atoms with Crippen LogP contribution in [0.5, 0.6) is 0 Å². The van der Waals surface area contributed by atoms with Crippen molar-refractivity contribution in [3.63, 3.8) is 0 Å². The second kappa shape index (κ2) is 7.72. The number of fused-ring (bicyclic) bond motifs is 1. The Kier molecular flexibility index (Phi) is 5.33. The molecule has 0 spiro atoms. The van der Waals surface area contributed by atoms with Gasteiger partial charge < -0.3 is 24.6 Å². The highest BCUT2D eigenvalue weighted by Crippen LogP contribution is 2.55. The van der Waals surface area contributed by atoms with Crippen molar-refractivity contribution in [2.45, 2.75) is 69.0 Å². The Morgan fingerprint density at radius 3 is 1.86 bits per heavy atom. The molecule has 3 aliphatic rings. The first kappa shape index (κ1) is 24.2. The molecule has 2 fully saturated rings. The van der Waals surface area contributed by atoms with Gasteiger partial charge in [-0.15, -0.1) is 0 Å². The molecule has 2 aliphatic heterocycles. The molecule has 35 heavy (non-hydrogen) atoms. The molecule has 0 unspecified atom stereocenters. The number of carbonyl (C=O) groups is 2. The lowest BCUT2D eigenvalue weighted by atomic mass is 9.58. The molecule has 2 amide bonds. The Hall–Kier alpha value is -2.56. The Morgan fingerprint density at radius 1 is 0.914 bits per heavy atom. The summed E-state index contributed by atoms with van der Waals surface area (Å²) in [6.07, 6.45) is -1.58. The van der Waals surface area contributed by atoms with Gasteiger partial charge in [0.2, 0.25) is 0 Å². The van der Waals surface area contributed by atoms with Crippen molar-refractivity contribution in [2.24, 2.45) is 0 Å². The molecule has 1 saturated heterocycles. The van der Waals surface area contributed by atoms with E-state index >= 15 is 0 Å². The molecule has 5 rings (SSSR count). The minimum absolute atomic E-state index is 0.0942. The van der Waals surface area contributed by atoms with E-state index in [0.717, 1.165) is 5.46 Å². The third-order valence-corrected chi connectivity index (χ3v) is 8.19. The Balaban J connectivity index is 1.51. The highest BCUT2D eigenvalue weighted by atomic mass is 16.7. The third kappa shape index (κ3) is 3.41. The zero-order valence-electron chi connectivity index (χ0n) is 20.3. The normalized spacial score (nSPS) is 29.8. The summed E-state index contributed by atoms with van der Waals surface area (Å²) >= 11 is 0. The molecule has 9 heteroatoms. The minimum atomic E-state index is -1.63. The number of aliphatic hydroxyl groups is 3. The molecule has 0 aromatic heterocycles. The molecule has 2 aromatic carbocycles. The number of benzene rings is 2. The first-order valence-corrected chi connectivity index (χ1v) is 11.8. The molecule has 1 aliphatic carbocycles. The number of aliphatic hydroxyl groups excluding tert-OH is 2. The van der Waals surface area contributed by atoms with Crippen molar-refractivity contribution in [2.75, 3.05) is 6.61 Å². The van der Waals surface area contributed by atoms with Gasteiger partial charge in [0.1, 0.15) is 6.10 Å². The monoisotopic (exact) mass is 479 g/mol. The van der Waals surface area contributed by atoms with E-state index in [2.05, 4.69) is 0 Å². The summed E-state index contributed by atoms with van der Waals surface area (Å²) in [6.45, 7) is 7.26. The van der Waals surface area contributed by atoms with Crippen molar-refractivity contribution >= 4 is 24.4 Å². The van der Waals surface area contributed by atoms with Crippen molar-refractivity contribution in [3.05, 3.63) is 65.2 Å². The van der Waals surface area contributed by atoms with Gasteiger partial charge in [0, 0.05) is 12.8 Å². The van der Waals surface area contributed by atoms with Crippen LogP contribution in [-0.2, 0) is 14.8 Å². The predicted octanol–water partition coefficient (Wildman–Crippen LogP) is 1.36. The van der Waals surface area contributed by atoms with Crippen LogP contribution in [0.25, 0.3) is 0 Å². The van der Waals surface area contributed by atoms with Gasteiger partial charge in [0.25, 0.3) is 11.8 Å². The van der Waals surface area contributed by atoms with Crippen LogP contribution in [0.1, 0.15) is 66.8 Å². The number of nitrogens with zero attached hydrogens (tertiary/aromatic N) is 1. The molecule has 1 atom stereocenters. The zero-order valence-corrected chi connectivity index (χ0v) is 20.3. The van der Waals surface area contributed by atoms with E-state index in [0.29, 0.717) is 16.7 Å². The van der Waals surface area contributed by atoms with Crippen LogP contribution in [0.3, 0.4) is 0 Å². The number of amides is 2. The molecular weight excluding hydrogens is 449 g/mol. The molecule has 8 nitrogen and oxygen atoms in total. The van der Waals surface area contributed by atoms with Crippen LogP contribution in [0.4, 0.5) is 0 Å². The molecule has 184 valence electrons.